The highest BCUT2D eigenvalue weighted by Gasteiger charge is 2.08. The Labute approximate surface area is 118 Å². The second-order valence-electron chi connectivity index (χ2n) is 3.45. The highest BCUT2D eigenvalue weighted by molar-refractivity contribution is 9.10. The molecule has 0 heterocycles. The van der Waals surface area contributed by atoms with E-state index in [4.69, 9.17) is 11.6 Å². The molecule has 1 nitrogen and oxygen atoms in total. The van der Waals surface area contributed by atoms with Gasteiger partial charge in [-0.3, -0.25) is 0 Å². The van der Waals surface area contributed by atoms with Gasteiger partial charge in [0.1, 0.15) is 0 Å². The predicted molar refractivity (Wildman–Crippen MR) is 75.6 cm³/mol. The van der Waals surface area contributed by atoms with E-state index in [1.165, 1.54) is 0 Å². The molecule has 0 saturated carbocycles. The van der Waals surface area contributed by atoms with Crippen LogP contribution in [0.3, 0.4) is 0 Å². The van der Waals surface area contributed by atoms with Gasteiger partial charge >= 0.3 is 0 Å². The van der Waals surface area contributed by atoms with Crippen LogP contribution in [0.15, 0.2) is 56.7 Å². The van der Waals surface area contributed by atoms with Crippen LogP contribution in [-0.2, 0) is 6.61 Å². The molecule has 0 spiro atoms. The second-order valence-corrected chi connectivity index (χ2v) is 5.85. The zero-order valence-electron chi connectivity index (χ0n) is 8.86. The number of aliphatic hydroxyl groups is 1. The minimum absolute atomic E-state index is 0.00308. The Morgan fingerprint density at radius 3 is 2.65 bits per heavy atom. The minimum Gasteiger partial charge on any atom is -0.392 e. The zero-order chi connectivity index (χ0) is 12.3. The van der Waals surface area contributed by atoms with Crippen molar-refractivity contribution < 1.29 is 5.11 Å². The summed E-state index contributed by atoms with van der Waals surface area (Å²) in [5.74, 6) is 0. The van der Waals surface area contributed by atoms with Gasteiger partial charge in [-0.25, -0.2) is 0 Å². The normalized spacial score (nSPS) is 10.5. The molecule has 0 aliphatic rings. The summed E-state index contributed by atoms with van der Waals surface area (Å²) >= 11 is 11.1. The first-order chi connectivity index (χ1) is 8.20. The van der Waals surface area contributed by atoms with Gasteiger partial charge in [-0.15, -0.1) is 0 Å². The lowest BCUT2D eigenvalue weighted by Crippen LogP contribution is -1.88. The molecule has 0 radical (unpaired) electrons. The minimum atomic E-state index is -0.00308. The maximum absolute atomic E-state index is 9.29. The number of halogens is 2. The van der Waals surface area contributed by atoms with E-state index in [0.717, 1.165) is 19.8 Å². The van der Waals surface area contributed by atoms with Gasteiger partial charge in [0.05, 0.1) is 11.6 Å². The molecule has 0 aromatic heterocycles. The third-order valence-electron chi connectivity index (χ3n) is 2.23. The van der Waals surface area contributed by atoms with Crippen molar-refractivity contribution >= 4 is 39.3 Å². The average molecular weight is 330 g/mol. The van der Waals surface area contributed by atoms with Crippen LogP contribution in [0.1, 0.15) is 5.56 Å². The fourth-order valence-corrected chi connectivity index (χ4v) is 3.30. The molecule has 2 rings (SSSR count). The van der Waals surface area contributed by atoms with Crippen molar-refractivity contribution in [2.24, 2.45) is 0 Å². The summed E-state index contributed by atoms with van der Waals surface area (Å²) in [4.78, 5) is 2.00. The summed E-state index contributed by atoms with van der Waals surface area (Å²) < 4.78 is 1.03. The quantitative estimate of drug-likeness (QED) is 0.877. The molecule has 88 valence electrons. The summed E-state index contributed by atoms with van der Waals surface area (Å²) in [5.41, 5.74) is 0.850. The highest BCUT2D eigenvalue weighted by atomic mass is 79.9. The van der Waals surface area contributed by atoms with Crippen LogP contribution in [0.25, 0.3) is 0 Å². The molecule has 0 aliphatic heterocycles. The van der Waals surface area contributed by atoms with E-state index in [2.05, 4.69) is 15.9 Å². The fraction of sp³-hybridized carbons (Fsp3) is 0.0769. The summed E-state index contributed by atoms with van der Waals surface area (Å²) in [6.07, 6.45) is 0. The van der Waals surface area contributed by atoms with E-state index in [1.54, 1.807) is 11.8 Å². The zero-order valence-corrected chi connectivity index (χ0v) is 12.0. The van der Waals surface area contributed by atoms with E-state index >= 15 is 0 Å². The molecular formula is C13H10BrClOS. The Morgan fingerprint density at radius 2 is 1.94 bits per heavy atom. The first-order valence-electron chi connectivity index (χ1n) is 5.02. The van der Waals surface area contributed by atoms with E-state index in [1.807, 2.05) is 42.5 Å². The molecular weight excluding hydrogens is 320 g/mol. The lowest BCUT2D eigenvalue weighted by Gasteiger charge is -2.09. The predicted octanol–water partition coefficient (Wildman–Crippen LogP) is 4.75. The van der Waals surface area contributed by atoms with E-state index in [-0.39, 0.29) is 6.61 Å². The van der Waals surface area contributed by atoms with Gasteiger partial charge in [-0.05, 0) is 29.8 Å². The van der Waals surface area contributed by atoms with Gasteiger partial charge in [-0.2, -0.15) is 0 Å². The number of hydrogen-bond acceptors (Lipinski definition) is 2. The van der Waals surface area contributed by atoms with E-state index < -0.39 is 0 Å². The standard InChI is InChI=1S/C13H10BrClOS/c14-10-4-2-5-11(7-10)17-13-9(8-16)3-1-6-12(13)15/h1-7,16H,8H2. The van der Waals surface area contributed by atoms with Crippen molar-refractivity contribution in [1.29, 1.82) is 0 Å². The van der Waals surface area contributed by atoms with Crippen LogP contribution < -0.4 is 0 Å². The third kappa shape index (κ3) is 3.26. The fourth-order valence-electron chi connectivity index (χ4n) is 1.44. The van der Waals surface area contributed by atoms with Crippen LogP contribution in [0.5, 0.6) is 0 Å². The van der Waals surface area contributed by atoms with Crippen molar-refractivity contribution in [2.75, 3.05) is 0 Å². The summed E-state index contributed by atoms with van der Waals surface area (Å²) in [7, 11) is 0. The monoisotopic (exact) mass is 328 g/mol. The van der Waals surface area contributed by atoms with Crippen molar-refractivity contribution in [1.82, 2.24) is 0 Å². The van der Waals surface area contributed by atoms with Crippen LogP contribution >= 0.6 is 39.3 Å². The summed E-state index contributed by atoms with van der Waals surface area (Å²) in [5, 5.41) is 9.96. The lowest BCUT2D eigenvalue weighted by molar-refractivity contribution is 0.279. The topological polar surface area (TPSA) is 20.2 Å². The van der Waals surface area contributed by atoms with Crippen LogP contribution in [-0.4, -0.2) is 5.11 Å². The first kappa shape index (κ1) is 13.0. The van der Waals surface area contributed by atoms with Crippen LogP contribution in [0.2, 0.25) is 5.02 Å². The number of aliphatic hydroxyl groups excluding tert-OH is 1. The molecule has 2 aromatic rings. The molecule has 2 aromatic carbocycles. The highest BCUT2D eigenvalue weighted by Crippen LogP contribution is 2.36. The second kappa shape index (κ2) is 5.91. The summed E-state index contributed by atoms with van der Waals surface area (Å²) in [6, 6.07) is 13.5. The van der Waals surface area contributed by atoms with Gasteiger partial charge < -0.3 is 5.11 Å². The smallest absolute Gasteiger partial charge is 0.0693 e. The maximum Gasteiger partial charge on any atom is 0.0693 e. The van der Waals surface area contributed by atoms with Gasteiger partial charge in [-0.1, -0.05) is 57.5 Å². The Hall–Kier alpha value is -0.480. The van der Waals surface area contributed by atoms with Crippen molar-refractivity contribution in [3.8, 4) is 0 Å². The van der Waals surface area contributed by atoms with Gasteiger partial charge in [0.2, 0.25) is 0 Å². The van der Waals surface area contributed by atoms with Crippen molar-refractivity contribution in [3.63, 3.8) is 0 Å². The Morgan fingerprint density at radius 1 is 1.18 bits per heavy atom. The summed E-state index contributed by atoms with van der Waals surface area (Å²) in [6.45, 7) is -0.00308. The molecule has 0 aliphatic carbocycles. The molecule has 17 heavy (non-hydrogen) atoms. The molecule has 1 N–H and O–H groups in total. The van der Waals surface area contributed by atoms with Crippen molar-refractivity contribution in [3.05, 3.63) is 57.5 Å². The Bertz CT molecular complexity index is 531. The van der Waals surface area contributed by atoms with Crippen molar-refractivity contribution in [2.45, 2.75) is 16.4 Å². The number of hydrogen-bond donors (Lipinski definition) is 1. The molecule has 0 amide bonds. The van der Waals surface area contributed by atoms with Gasteiger partial charge in [0.25, 0.3) is 0 Å². The van der Waals surface area contributed by atoms with E-state index in [0.29, 0.717) is 5.02 Å². The molecule has 0 fully saturated rings. The van der Waals surface area contributed by atoms with Gasteiger partial charge in [0, 0.05) is 14.3 Å². The number of rotatable bonds is 3. The maximum atomic E-state index is 9.29. The average Bonchev–Trinajstić information content (AvgIpc) is 2.32. The van der Waals surface area contributed by atoms with Gasteiger partial charge in [0.15, 0.2) is 0 Å². The molecule has 0 bridgehead atoms. The van der Waals surface area contributed by atoms with Crippen LogP contribution in [0, 0.1) is 0 Å². The molecule has 0 unspecified atom stereocenters. The lowest BCUT2D eigenvalue weighted by atomic mass is 10.2. The SMILES string of the molecule is OCc1cccc(Cl)c1Sc1cccc(Br)c1. The molecule has 0 atom stereocenters. The first-order valence-corrected chi connectivity index (χ1v) is 7.01. The largest absolute Gasteiger partial charge is 0.392 e. The van der Waals surface area contributed by atoms with Crippen LogP contribution in [0.4, 0.5) is 0 Å². The Kier molecular flexibility index (Phi) is 4.51. The Balaban J connectivity index is 2.35. The number of benzene rings is 2. The molecule has 0 saturated heterocycles. The van der Waals surface area contributed by atoms with E-state index in [9.17, 15) is 5.11 Å². The molecule has 4 heteroatoms. The third-order valence-corrected chi connectivity index (χ3v) is 4.33.